The minimum absolute atomic E-state index is 0.0390. The zero-order chi connectivity index (χ0) is 9.68. The van der Waals surface area contributed by atoms with E-state index in [-0.39, 0.29) is 5.76 Å². The lowest BCUT2D eigenvalue weighted by atomic mass is 10.1. The summed E-state index contributed by atoms with van der Waals surface area (Å²) in [6, 6.07) is 9.77. The van der Waals surface area contributed by atoms with E-state index >= 15 is 0 Å². The fourth-order valence-electron chi connectivity index (χ4n) is 0.945. The van der Waals surface area contributed by atoms with Gasteiger partial charge >= 0.3 is 0 Å². The molecule has 0 heterocycles. The Morgan fingerprint density at radius 1 is 1.08 bits per heavy atom. The SMILES string of the molecule is C=C(O)/C=C\C(=C)c1ccccc1. The second-order valence-corrected chi connectivity index (χ2v) is 2.72. The average molecular weight is 172 g/mol. The first-order valence-electron chi connectivity index (χ1n) is 4.00. The smallest absolute Gasteiger partial charge is 0.108 e. The molecule has 13 heavy (non-hydrogen) atoms. The van der Waals surface area contributed by atoms with Crippen LogP contribution in [0.4, 0.5) is 0 Å². The molecule has 1 heteroatoms. The van der Waals surface area contributed by atoms with Crippen molar-refractivity contribution in [3.05, 3.63) is 67.0 Å². The topological polar surface area (TPSA) is 20.2 Å². The third-order valence-corrected chi connectivity index (χ3v) is 1.62. The Balaban J connectivity index is 2.76. The first-order chi connectivity index (χ1) is 6.20. The van der Waals surface area contributed by atoms with Crippen molar-refractivity contribution in [1.29, 1.82) is 0 Å². The fourth-order valence-corrected chi connectivity index (χ4v) is 0.945. The number of hydrogen-bond acceptors (Lipinski definition) is 1. The van der Waals surface area contributed by atoms with Gasteiger partial charge in [0.05, 0.1) is 0 Å². The third kappa shape index (κ3) is 2.99. The predicted octanol–water partition coefficient (Wildman–Crippen LogP) is 3.33. The van der Waals surface area contributed by atoms with E-state index in [4.69, 9.17) is 5.11 Å². The Bertz CT molecular complexity index is 333. The number of aliphatic hydroxyl groups is 1. The molecule has 1 nitrogen and oxygen atoms in total. The highest BCUT2D eigenvalue weighted by atomic mass is 16.3. The van der Waals surface area contributed by atoms with Crippen LogP contribution in [0.1, 0.15) is 5.56 Å². The van der Waals surface area contributed by atoms with Gasteiger partial charge in [0.25, 0.3) is 0 Å². The minimum atomic E-state index is 0.0390. The molecule has 0 saturated carbocycles. The van der Waals surface area contributed by atoms with Crippen molar-refractivity contribution in [2.45, 2.75) is 0 Å². The van der Waals surface area contributed by atoms with Crippen LogP contribution in [0.5, 0.6) is 0 Å². The number of benzene rings is 1. The second-order valence-electron chi connectivity index (χ2n) is 2.72. The van der Waals surface area contributed by atoms with Gasteiger partial charge in [-0.2, -0.15) is 0 Å². The molecular weight excluding hydrogens is 160 g/mol. The molecule has 0 atom stereocenters. The Kier molecular flexibility index (Phi) is 3.09. The highest BCUT2D eigenvalue weighted by Crippen LogP contribution is 2.12. The number of hydrogen-bond donors (Lipinski definition) is 1. The molecule has 0 amide bonds. The summed E-state index contributed by atoms with van der Waals surface area (Å²) in [6.45, 7) is 7.21. The summed E-state index contributed by atoms with van der Waals surface area (Å²) in [7, 11) is 0. The monoisotopic (exact) mass is 172 g/mol. The first-order valence-corrected chi connectivity index (χ1v) is 4.00. The van der Waals surface area contributed by atoms with Crippen molar-refractivity contribution in [2.75, 3.05) is 0 Å². The number of rotatable bonds is 3. The molecule has 0 aliphatic carbocycles. The first kappa shape index (κ1) is 9.33. The largest absolute Gasteiger partial charge is 0.509 e. The van der Waals surface area contributed by atoms with E-state index in [2.05, 4.69) is 13.2 Å². The predicted molar refractivity (Wildman–Crippen MR) is 56.4 cm³/mol. The van der Waals surface area contributed by atoms with Crippen LogP contribution in [0.3, 0.4) is 0 Å². The third-order valence-electron chi connectivity index (χ3n) is 1.62. The van der Waals surface area contributed by atoms with E-state index in [1.165, 1.54) is 6.08 Å². The summed E-state index contributed by atoms with van der Waals surface area (Å²) in [5.41, 5.74) is 1.90. The molecule has 1 aromatic rings. The van der Waals surface area contributed by atoms with Crippen molar-refractivity contribution < 1.29 is 5.11 Å². The van der Waals surface area contributed by atoms with E-state index in [1.807, 2.05) is 30.3 Å². The molecule has 0 aromatic heterocycles. The zero-order valence-corrected chi connectivity index (χ0v) is 7.40. The van der Waals surface area contributed by atoms with E-state index in [0.29, 0.717) is 0 Å². The van der Waals surface area contributed by atoms with E-state index in [9.17, 15) is 0 Å². The highest BCUT2D eigenvalue weighted by Gasteiger charge is 1.91. The second kappa shape index (κ2) is 4.31. The average Bonchev–Trinajstić information content (AvgIpc) is 2.15. The molecule has 0 unspecified atom stereocenters. The fraction of sp³-hybridized carbons (Fsp3) is 0. The van der Waals surface area contributed by atoms with Gasteiger partial charge in [0.2, 0.25) is 0 Å². The lowest BCUT2D eigenvalue weighted by Crippen LogP contribution is -1.77. The summed E-state index contributed by atoms with van der Waals surface area (Å²) >= 11 is 0. The molecule has 66 valence electrons. The molecule has 0 saturated heterocycles. The molecule has 0 bridgehead atoms. The van der Waals surface area contributed by atoms with Crippen LogP contribution in [0.2, 0.25) is 0 Å². The van der Waals surface area contributed by atoms with Gasteiger partial charge in [0.1, 0.15) is 5.76 Å². The summed E-state index contributed by atoms with van der Waals surface area (Å²) < 4.78 is 0. The molecule has 0 aliphatic rings. The van der Waals surface area contributed by atoms with Crippen LogP contribution in [0.15, 0.2) is 61.4 Å². The van der Waals surface area contributed by atoms with Crippen molar-refractivity contribution in [3.8, 4) is 0 Å². The van der Waals surface area contributed by atoms with Crippen LogP contribution < -0.4 is 0 Å². The Morgan fingerprint density at radius 3 is 2.23 bits per heavy atom. The standard InChI is InChI=1S/C12H12O/c1-10(8-9-11(2)13)12-6-4-3-5-7-12/h3-9,13H,1-2H2/b9-8-. The molecule has 0 spiro atoms. The van der Waals surface area contributed by atoms with Gasteiger partial charge in [-0.15, -0.1) is 0 Å². The van der Waals surface area contributed by atoms with Crippen molar-refractivity contribution in [1.82, 2.24) is 0 Å². The van der Waals surface area contributed by atoms with Crippen LogP contribution in [-0.2, 0) is 0 Å². The van der Waals surface area contributed by atoms with Crippen LogP contribution in [0, 0.1) is 0 Å². The maximum absolute atomic E-state index is 8.83. The molecule has 1 rings (SSSR count). The van der Waals surface area contributed by atoms with Gasteiger partial charge in [-0.1, -0.05) is 49.6 Å². The Hall–Kier alpha value is -1.76. The van der Waals surface area contributed by atoms with Gasteiger partial charge in [-0.05, 0) is 17.2 Å². The normalized spacial score (nSPS) is 10.2. The molecule has 0 radical (unpaired) electrons. The van der Waals surface area contributed by atoms with Crippen molar-refractivity contribution >= 4 is 5.57 Å². The van der Waals surface area contributed by atoms with E-state index in [0.717, 1.165) is 11.1 Å². The maximum Gasteiger partial charge on any atom is 0.108 e. The summed E-state index contributed by atoms with van der Waals surface area (Å²) in [5, 5.41) is 8.83. The lowest BCUT2D eigenvalue weighted by molar-refractivity contribution is 0.435. The molecule has 0 aliphatic heterocycles. The molecule has 0 fully saturated rings. The molecular formula is C12H12O. The van der Waals surface area contributed by atoms with E-state index < -0.39 is 0 Å². The van der Waals surface area contributed by atoms with Crippen LogP contribution in [-0.4, -0.2) is 5.11 Å². The van der Waals surface area contributed by atoms with Gasteiger partial charge < -0.3 is 5.11 Å². The molecule has 1 N–H and O–H groups in total. The lowest BCUT2D eigenvalue weighted by Gasteiger charge is -1.98. The maximum atomic E-state index is 8.83. The quantitative estimate of drug-likeness (QED) is 0.547. The number of allylic oxidation sites excluding steroid dienone is 3. The summed E-state index contributed by atoms with van der Waals surface area (Å²) in [6.07, 6.45) is 3.26. The van der Waals surface area contributed by atoms with Gasteiger partial charge in [0.15, 0.2) is 0 Å². The van der Waals surface area contributed by atoms with E-state index in [1.54, 1.807) is 6.08 Å². The van der Waals surface area contributed by atoms with Gasteiger partial charge in [-0.3, -0.25) is 0 Å². The summed E-state index contributed by atoms with van der Waals surface area (Å²) in [4.78, 5) is 0. The summed E-state index contributed by atoms with van der Waals surface area (Å²) in [5.74, 6) is 0.0390. The van der Waals surface area contributed by atoms with Crippen LogP contribution >= 0.6 is 0 Å². The number of aliphatic hydroxyl groups excluding tert-OH is 1. The Labute approximate surface area is 78.3 Å². The highest BCUT2D eigenvalue weighted by molar-refractivity contribution is 5.72. The van der Waals surface area contributed by atoms with Crippen molar-refractivity contribution in [3.63, 3.8) is 0 Å². The van der Waals surface area contributed by atoms with Crippen molar-refractivity contribution in [2.24, 2.45) is 0 Å². The zero-order valence-electron chi connectivity index (χ0n) is 7.40. The van der Waals surface area contributed by atoms with Gasteiger partial charge in [-0.25, -0.2) is 0 Å². The van der Waals surface area contributed by atoms with Crippen LogP contribution in [0.25, 0.3) is 5.57 Å². The molecule has 1 aromatic carbocycles. The minimum Gasteiger partial charge on any atom is -0.509 e. The van der Waals surface area contributed by atoms with Gasteiger partial charge in [0, 0.05) is 0 Å². The Morgan fingerprint density at radius 2 is 1.69 bits per heavy atom.